The van der Waals surface area contributed by atoms with Crippen molar-refractivity contribution in [2.45, 2.75) is 12.3 Å². The molecule has 1 unspecified atom stereocenters. The lowest BCUT2D eigenvalue weighted by molar-refractivity contribution is -0.138. The van der Waals surface area contributed by atoms with Crippen molar-refractivity contribution in [2.75, 3.05) is 0 Å². The van der Waals surface area contributed by atoms with Gasteiger partial charge in [-0.05, 0) is 64.4 Å². The van der Waals surface area contributed by atoms with Crippen molar-refractivity contribution < 1.29 is 9.90 Å². The Kier molecular flexibility index (Phi) is 4.82. The van der Waals surface area contributed by atoms with Gasteiger partial charge in [0.15, 0.2) is 0 Å². The Morgan fingerprint density at radius 2 is 1.68 bits per heavy atom. The fourth-order valence-electron chi connectivity index (χ4n) is 1.90. The van der Waals surface area contributed by atoms with Crippen LogP contribution in [0.5, 0.6) is 0 Å². The largest absolute Gasteiger partial charge is 0.481 e. The van der Waals surface area contributed by atoms with Crippen LogP contribution >= 0.6 is 34.2 Å². The predicted octanol–water partition coefficient (Wildman–Crippen LogP) is 4.36. The lowest BCUT2D eigenvalue weighted by atomic mass is 9.92. The molecule has 0 aliphatic heterocycles. The number of hydrogen-bond acceptors (Lipinski definition) is 1. The lowest BCUT2D eigenvalue weighted by Gasteiger charge is -2.13. The number of halogens is 2. The van der Waals surface area contributed by atoms with Gasteiger partial charge in [0.2, 0.25) is 0 Å². The molecule has 2 rings (SSSR count). The number of aliphatic carboxylic acids is 1. The van der Waals surface area contributed by atoms with Gasteiger partial charge < -0.3 is 5.11 Å². The molecule has 2 aromatic carbocycles. The van der Waals surface area contributed by atoms with Crippen molar-refractivity contribution in [2.24, 2.45) is 0 Å². The van der Waals surface area contributed by atoms with Gasteiger partial charge in [0.25, 0.3) is 0 Å². The molecule has 0 spiro atoms. The summed E-state index contributed by atoms with van der Waals surface area (Å²) < 4.78 is 1.14. The molecular formula is C15H12ClIO2. The molecule has 0 fully saturated rings. The standard InChI is InChI=1S/C15H12ClIO2/c16-12-5-3-11(4-6-12)14(15(18)19)9-10-1-7-13(17)8-2-10/h1-8,14H,9H2,(H,18,19). The van der Waals surface area contributed by atoms with Gasteiger partial charge in [0.1, 0.15) is 0 Å². The quantitative estimate of drug-likeness (QED) is 0.793. The minimum Gasteiger partial charge on any atom is -0.481 e. The van der Waals surface area contributed by atoms with Crippen molar-refractivity contribution in [3.05, 3.63) is 68.3 Å². The van der Waals surface area contributed by atoms with Crippen LogP contribution in [0.1, 0.15) is 17.0 Å². The Hall–Kier alpha value is -1.07. The molecule has 0 aromatic heterocycles. The van der Waals surface area contributed by atoms with E-state index in [9.17, 15) is 9.90 Å². The number of rotatable bonds is 4. The molecule has 2 aromatic rings. The third-order valence-corrected chi connectivity index (χ3v) is 3.89. The molecule has 0 heterocycles. The average molecular weight is 387 g/mol. The Morgan fingerprint density at radius 3 is 2.21 bits per heavy atom. The highest BCUT2D eigenvalue weighted by molar-refractivity contribution is 14.1. The van der Waals surface area contributed by atoms with Gasteiger partial charge in [-0.2, -0.15) is 0 Å². The average Bonchev–Trinajstić information content (AvgIpc) is 2.39. The normalized spacial score (nSPS) is 12.1. The van der Waals surface area contributed by atoms with E-state index in [0.717, 1.165) is 14.7 Å². The van der Waals surface area contributed by atoms with Crippen molar-refractivity contribution in [3.63, 3.8) is 0 Å². The molecule has 0 radical (unpaired) electrons. The first-order chi connectivity index (χ1) is 9.06. The van der Waals surface area contributed by atoms with Gasteiger partial charge in [0.05, 0.1) is 5.92 Å². The van der Waals surface area contributed by atoms with Crippen molar-refractivity contribution in [1.82, 2.24) is 0 Å². The first-order valence-corrected chi connectivity index (χ1v) is 7.24. The van der Waals surface area contributed by atoms with Gasteiger partial charge in [-0.25, -0.2) is 0 Å². The Labute approximate surface area is 130 Å². The number of hydrogen-bond donors (Lipinski definition) is 1. The van der Waals surface area contributed by atoms with E-state index in [4.69, 9.17) is 11.6 Å². The highest BCUT2D eigenvalue weighted by atomic mass is 127. The van der Waals surface area contributed by atoms with Gasteiger partial charge in [-0.15, -0.1) is 0 Å². The number of carbonyl (C=O) groups is 1. The summed E-state index contributed by atoms with van der Waals surface area (Å²) >= 11 is 8.05. The molecule has 0 saturated heterocycles. The third-order valence-electron chi connectivity index (χ3n) is 2.92. The second kappa shape index (κ2) is 6.39. The predicted molar refractivity (Wildman–Crippen MR) is 84.7 cm³/mol. The molecule has 2 nitrogen and oxygen atoms in total. The van der Waals surface area contributed by atoms with E-state index in [-0.39, 0.29) is 0 Å². The van der Waals surface area contributed by atoms with E-state index >= 15 is 0 Å². The van der Waals surface area contributed by atoms with Gasteiger partial charge in [-0.1, -0.05) is 35.9 Å². The minimum absolute atomic E-state index is 0.480. The Morgan fingerprint density at radius 1 is 1.11 bits per heavy atom. The van der Waals surface area contributed by atoms with E-state index in [1.165, 1.54) is 0 Å². The molecule has 19 heavy (non-hydrogen) atoms. The zero-order valence-corrected chi connectivity index (χ0v) is 12.9. The molecule has 0 bridgehead atoms. The summed E-state index contributed by atoms with van der Waals surface area (Å²) in [6.45, 7) is 0. The van der Waals surface area contributed by atoms with Crippen LogP contribution in [-0.2, 0) is 11.2 Å². The molecule has 1 N–H and O–H groups in total. The first-order valence-electron chi connectivity index (χ1n) is 5.79. The van der Waals surface area contributed by atoms with Gasteiger partial charge >= 0.3 is 5.97 Å². The summed E-state index contributed by atoms with van der Waals surface area (Å²) in [4.78, 5) is 11.4. The lowest BCUT2D eigenvalue weighted by Crippen LogP contribution is -2.14. The molecule has 0 amide bonds. The summed E-state index contributed by atoms with van der Waals surface area (Å²) in [7, 11) is 0. The van der Waals surface area contributed by atoms with Crippen LogP contribution in [-0.4, -0.2) is 11.1 Å². The maximum atomic E-state index is 11.4. The fraction of sp³-hybridized carbons (Fsp3) is 0.133. The second-order valence-corrected chi connectivity index (χ2v) is 5.96. The SMILES string of the molecule is O=C(O)C(Cc1ccc(I)cc1)c1ccc(Cl)cc1. The summed E-state index contributed by atoms with van der Waals surface area (Å²) in [6, 6.07) is 14.9. The van der Waals surface area contributed by atoms with Crippen LogP contribution < -0.4 is 0 Å². The zero-order chi connectivity index (χ0) is 13.8. The van der Waals surface area contributed by atoms with E-state index in [0.29, 0.717) is 11.4 Å². The zero-order valence-electron chi connectivity index (χ0n) is 10.0. The maximum Gasteiger partial charge on any atom is 0.311 e. The summed E-state index contributed by atoms with van der Waals surface area (Å²) in [5.74, 6) is -1.36. The molecule has 0 saturated carbocycles. The van der Waals surface area contributed by atoms with Crippen LogP contribution in [0.25, 0.3) is 0 Å². The van der Waals surface area contributed by atoms with E-state index in [1.807, 2.05) is 24.3 Å². The summed E-state index contributed by atoms with van der Waals surface area (Å²) in [5, 5.41) is 9.99. The highest BCUT2D eigenvalue weighted by Crippen LogP contribution is 2.23. The molecule has 0 aliphatic rings. The van der Waals surface area contributed by atoms with E-state index in [1.54, 1.807) is 24.3 Å². The molecule has 1 atom stereocenters. The van der Waals surface area contributed by atoms with Crippen LogP contribution in [0.2, 0.25) is 5.02 Å². The number of carboxylic acids is 1. The van der Waals surface area contributed by atoms with Gasteiger partial charge in [0, 0.05) is 8.59 Å². The van der Waals surface area contributed by atoms with Gasteiger partial charge in [-0.3, -0.25) is 4.79 Å². The van der Waals surface area contributed by atoms with Crippen LogP contribution in [0.4, 0.5) is 0 Å². The smallest absolute Gasteiger partial charge is 0.311 e. The Balaban J connectivity index is 2.23. The molecule has 4 heteroatoms. The number of carboxylic acid groups (broad SMARTS) is 1. The highest BCUT2D eigenvalue weighted by Gasteiger charge is 2.20. The molecule has 98 valence electrons. The second-order valence-electron chi connectivity index (χ2n) is 4.27. The molecule has 0 aliphatic carbocycles. The monoisotopic (exact) mass is 386 g/mol. The molecular weight excluding hydrogens is 375 g/mol. The van der Waals surface area contributed by atoms with Crippen LogP contribution in [0, 0.1) is 3.57 Å². The minimum atomic E-state index is -0.819. The van der Waals surface area contributed by atoms with Crippen molar-refractivity contribution in [1.29, 1.82) is 0 Å². The summed E-state index contributed by atoms with van der Waals surface area (Å²) in [6.07, 6.45) is 0.480. The van der Waals surface area contributed by atoms with Crippen molar-refractivity contribution >= 4 is 40.2 Å². The third kappa shape index (κ3) is 3.94. The van der Waals surface area contributed by atoms with Crippen molar-refractivity contribution in [3.8, 4) is 0 Å². The van der Waals surface area contributed by atoms with E-state index in [2.05, 4.69) is 22.6 Å². The maximum absolute atomic E-state index is 11.4. The van der Waals surface area contributed by atoms with Crippen LogP contribution in [0.15, 0.2) is 48.5 Å². The number of benzene rings is 2. The summed E-state index contributed by atoms with van der Waals surface area (Å²) in [5.41, 5.74) is 1.79. The van der Waals surface area contributed by atoms with E-state index < -0.39 is 11.9 Å². The topological polar surface area (TPSA) is 37.3 Å². The first kappa shape index (κ1) is 14.3. The Bertz CT molecular complexity index is 564. The fourth-order valence-corrected chi connectivity index (χ4v) is 2.38. The van der Waals surface area contributed by atoms with Crippen LogP contribution in [0.3, 0.4) is 0 Å².